The number of carbonyl (C=O) groups excluding carboxylic acids is 1. The van der Waals surface area contributed by atoms with Crippen molar-refractivity contribution in [1.29, 1.82) is 0 Å². The topological polar surface area (TPSA) is 44.9 Å². The molecule has 0 saturated carbocycles. The highest BCUT2D eigenvalue weighted by Gasteiger charge is 2.20. The minimum absolute atomic E-state index is 0.0409. The molecule has 2 N–H and O–H groups in total. The summed E-state index contributed by atoms with van der Waals surface area (Å²) in [5.74, 6) is 0.937. The average Bonchev–Trinajstić information content (AvgIpc) is 3.16. The number of rotatable bonds is 4. The number of fused-ring (bicyclic) bond motifs is 2. The number of nitrogens with one attached hydrogen (secondary N) is 2. The third kappa shape index (κ3) is 3.14. The summed E-state index contributed by atoms with van der Waals surface area (Å²) in [6.45, 7) is 4.97. The summed E-state index contributed by atoms with van der Waals surface area (Å²) in [5.41, 5.74) is 5.16. The zero-order valence-electron chi connectivity index (χ0n) is 14.3. The van der Waals surface area contributed by atoms with Gasteiger partial charge in [-0.25, -0.2) is 0 Å². The van der Waals surface area contributed by atoms with E-state index in [0.717, 1.165) is 22.6 Å². The van der Waals surface area contributed by atoms with Gasteiger partial charge in [0.1, 0.15) is 0 Å². The highest BCUT2D eigenvalue weighted by atomic mass is 32.2. The van der Waals surface area contributed by atoms with Gasteiger partial charge in [0.05, 0.1) is 4.91 Å². The minimum atomic E-state index is 0.0409. The molecule has 3 heterocycles. The van der Waals surface area contributed by atoms with Crippen LogP contribution < -0.4 is 5.32 Å². The molecule has 1 aliphatic rings. The lowest BCUT2D eigenvalue weighted by molar-refractivity contribution is -0.116. The summed E-state index contributed by atoms with van der Waals surface area (Å²) >= 11 is 3.43. The van der Waals surface area contributed by atoms with Gasteiger partial charge in [-0.05, 0) is 49.1 Å². The molecule has 3 aromatic rings. The van der Waals surface area contributed by atoms with Crippen LogP contribution in [-0.4, -0.2) is 17.4 Å². The first-order valence-electron chi connectivity index (χ1n) is 8.40. The molecule has 0 fully saturated rings. The average molecular weight is 369 g/mol. The molecule has 0 unspecified atom stereocenters. The van der Waals surface area contributed by atoms with Crippen LogP contribution in [0.25, 0.3) is 17.0 Å². The number of aromatic amines is 1. The maximum atomic E-state index is 12.5. The molecule has 1 amide bonds. The molecule has 3 nitrogen and oxygen atoms in total. The van der Waals surface area contributed by atoms with Crippen molar-refractivity contribution in [3.63, 3.8) is 0 Å². The van der Waals surface area contributed by atoms with Gasteiger partial charge in [-0.15, -0.1) is 23.1 Å². The van der Waals surface area contributed by atoms with Crippen LogP contribution in [0.2, 0.25) is 0 Å². The second-order valence-corrected chi connectivity index (χ2v) is 8.56. The lowest BCUT2D eigenvalue weighted by atomic mass is 10.1. The molecule has 1 aromatic carbocycles. The van der Waals surface area contributed by atoms with Gasteiger partial charge in [-0.2, -0.15) is 0 Å². The molecule has 5 heteroatoms. The fourth-order valence-electron chi connectivity index (χ4n) is 3.17. The van der Waals surface area contributed by atoms with Crippen LogP contribution in [0.5, 0.6) is 0 Å². The van der Waals surface area contributed by atoms with Crippen LogP contribution in [0, 0.1) is 13.8 Å². The summed E-state index contributed by atoms with van der Waals surface area (Å²) < 4.78 is 0. The van der Waals surface area contributed by atoms with Crippen LogP contribution >= 0.6 is 23.1 Å². The number of H-pyrrole nitrogens is 1. The molecule has 0 bridgehead atoms. The fourth-order valence-corrected chi connectivity index (χ4v) is 5.55. The van der Waals surface area contributed by atoms with Crippen LogP contribution in [-0.2, 0) is 17.0 Å². The van der Waals surface area contributed by atoms with Crippen molar-refractivity contribution in [3.8, 4) is 0 Å². The van der Waals surface area contributed by atoms with Gasteiger partial charge in [-0.3, -0.25) is 4.79 Å². The highest BCUT2D eigenvalue weighted by Crippen LogP contribution is 2.39. The molecule has 0 saturated heterocycles. The van der Waals surface area contributed by atoms with E-state index < -0.39 is 0 Å². The molecule has 0 atom stereocenters. The number of thioether (sulfide) groups is 1. The molecule has 0 radical (unpaired) electrons. The van der Waals surface area contributed by atoms with Crippen molar-refractivity contribution in [2.75, 3.05) is 6.54 Å². The Balaban J connectivity index is 1.41. The first-order valence-corrected chi connectivity index (χ1v) is 10.2. The number of benzene rings is 1. The van der Waals surface area contributed by atoms with Gasteiger partial charge in [0.15, 0.2) is 0 Å². The largest absolute Gasteiger partial charge is 0.361 e. The van der Waals surface area contributed by atoms with E-state index >= 15 is 0 Å². The van der Waals surface area contributed by atoms with Crippen molar-refractivity contribution < 1.29 is 4.79 Å². The Hall–Kier alpha value is -1.98. The Kier molecular flexibility index (Phi) is 4.44. The zero-order valence-corrected chi connectivity index (χ0v) is 15.9. The summed E-state index contributed by atoms with van der Waals surface area (Å²) in [6.07, 6.45) is 4.92. The molecule has 0 aliphatic carbocycles. The van der Waals surface area contributed by atoms with Gasteiger partial charge in [0.2, 0.25) is 0 Å². The third-order valence-corrected chi connectivity index (χ3v) is 7.00. The molecule has 0 spiro atoms. The maximum Gasteiger partial charge on any atom is 0.257 e. The summed E-state index contributed by atoms with van der Waals surface area (Å²) in [7, 11) is 0. The Morgan fingerprint density at radius 3 is 3.00 bits per heavy atom. The van der Waals surface area contributed by atoms with Crippen molar-refractivity contribution in [2.45, 2.75) is 26.0 Å². The number of aromatic nitrogens is 1. The molecule has 25 heavy (non-hydrogen) atoms. The predicted octanol–water partition coefficient (Wildman–Crippen LogP) is 4.79. The molecule has 4 rings (SSSR count). The zero-order chi connectivity index (χ0) is 17.4. The quantitative estimate of drug-likeness (QED) is 0.695. The highest BCUT2D eigenvalue weighted by molar-refractivity contribution is 8.03. The smallest absolute Gasteiger partial charge is 0.257 e. The van der Waals surface area contributed by atoms with E-state index in [1.165, 1.54) is 31.8 Å². The summed E-state index contributed by atoms with van der Waals surface area (Å²) in [6, 6.07) is 8.26. The molecule has 128 valence electrons. The predicted molar refractivity (Wildman–Crippen MR) is 108 cm³/mol. The Morgan fingerprint density at radius 1 is 1.28 bits per heavy atom. The van der Waals surface area contributed by atoms with Crippen molar-refractivity contribution in [2.24, 2.45) is 0 Å². The number of para-hydroxylation sites is 1. The molecular formula is C20H20N2OS2. The van der Waals surface area contributed by atoms with E-state index in [4.69, 9.17) is 0 Å². The van der Waals surface area contributed by atoms with Crippen LogP contribution in [0.3, 0.4) is 0 Å². The second kappa shape index (κ2) is 6.73. The number of hydrogen-bond donors (Lipinski definition) is 2. The third-order valence-electron chi connectivity index (χ3n) is 4.75. The summed E-state index contributed by atoms with van der Waals surface area (Å²) in [4.78, 5) is 19.2. The second-order valence-electron chi connectivity index (χ2n) is 6.29. The standard InChI is InChI=1S/C20H20N2OS2/c1-12-13(2)25-18-9-19(24-11-16(12)18)20(23)21-8-7-14-10-22-17-6-4-3-5-15(14)17/h3-6,9-10,22H,7-8,11H2,1-2H3,(H,21,23). The van der Waals surface area contributed by atoms with Gasteiger partial charge >= 0.3 is 0 Å². The Bertz CT molecular complexity index is 981. The Labute approximate surface area is 155 Å². The van der Waals surface area contributed by atoms with Crippen LogP contribution in [0.1, 0.15) is 26.4 Å². The maximum absolute atomic E-state index is 12.5. The van der Waals surface area contributed by atoms with Gasteiger partial charge in [0.25, 0.3) is 5.91 Å². The van der Waals surface area contributed by atoms with Gasteiger partial charge < -0.3 is 10.3 Å². The van der Waals surface area contributed by atoms with Crippen molar-refractivity contribution in [1.82, 2.24) is 10.3 Å². The van der Waals surface area contributed by atoms with Crippen LogP contribution in [0.4, 0.5) is 0 Å². The van der Waals surface area contributed by atoms with E-state index in [2.05, 4.69) is 42.4 Å². The molecular weight excluding hydrogens is 348 g/mol. The lowest BCUT2D eigenvalue weighted by Gasteiger charge is -2.13. The molecule has 1 aliphatic heterocycles. The minimum Gasteiger partial charge on any atom is -0.361 e. The normalized spacial score (nSPS) is 13.6. The fraction of sp³-hybridized carbons (Fsp3) is 0.250. The molecule has 2 aromatic heterocycles. The van der Waals surface area contributed by atoms with Crippen molar-refractivity contribution >= 4 is 46.0 Å². The SMILES string of the molecule is Cc1sc2c(c1C)CSC(C(=O)NCCc1c[nH]c3ccccc13)=C2. The first-order chi connectivity index (χ1) is 12.1. The van der Waals surface area contributed by atoms with Crippen molar-refractivity contribution in [3.05, 3.63) is 61.8 Å². The van der Waals surface area contributed by atoms with E-state index in [1.54, 1.807) is 23.1 Å². The number of carbonyl (C=O) groups is 1. The van der Waals surface area contributed by atoms with E-state index in [0.29, 0.717) is 6.54 Å². The Morgan fingerprint density at radius 2 is 2.12 bits per heavy atom. The number of thiophene rings is 1. The van der Waals surface area contributed by atoms with E-state index in [9.17, 15) is 4.79 Å². The monoisotopic (exact) mass is 368 g/mol. The van der Waals surface area contributed by atoms with Gasteiger partial charge in [0, 0.05) is 39.2 Å². The van der Waals surface area contributed by atoms with E-state index in [1.807, 2.05) is 18.3 Å². The van der Waals surface area contributed by atoms with Gasteiger partial charge in [-0.1, -0.05) is 18.2 Å². The number of hydrogen-bond acceptors (Lipinski definition) is 3. The lowest BCUT2D eigenvalue weighted by Crippen LogP contribution is -2.26. The first kappa shape index (κ1) is 16.5. The van der Waals surface area contributed by atoms with Crippen LogP contribution in [0.15, 0.2) is 35.4 Å². The van der Waals surface area contributed by atoms with E-state index in [-0.39, 0.29) is 5.91 Å². The summed E-state index contributed by atoms with van der Waals surface area (Å²) in [5, 5.41) is 4.30. The number of aryl methyl sites for hydroxylation is 1. The number of amides is 1.